The van der Waals surface area contributed by atoms with Crippen LogP contribution in [0.15, 0.2) is 0 Å². The summed E-state index contributed by atoms with van der Waals surface area (Å²) in [6.07, 6.45) is 1.31. The molecular formula is C8H18N2. The van der Waals surface area contributed by atoms with Gasteiger partial charge < -0.3 is 0 Å². The zero-order valence-corrected chi connectivity index (χ0v) is 7.46. The molecule has 2 atom stereocenters. The molecule has 1 aliphatic rings. The van der Waals surface area contributed by atoms with Crippen LogP contribution in [0.1, 0.15) is 27.2 Å². The SMILES string of the molecule is CCN1C(C)CC(C)N1C. The predicted molar refractivity (Wildman–Crippen MR) is 43.7 cm³/mol. The molecule has 0 aliphatic carbocycles. The van der Waals surface area contributed by atoms with Crippen molar-refractivity contribution in [3.63, 3.8) is 0 Å². The van der Waals surface area contributed by atoms with Crippen LogP contribution in [0.25, 0.3) is 0 Å². The van der Waals surface area contributed by atoms with Crippen LogP contribution >= 0.6 is 0 Å². The van der Waals surface area contributed by atoms with E-state index in [2.05, 4.69) is 37.8 Å². The largest absolute Gasteiger partial charge is 0.242 e. The average molecular weight is 142 g/mol. The molecule has 2 unspecified atom stereocenters. The smallest absolute Gasteiger partial charge is 0.0232 e. The summed E-state index contributed by atoms with van der Waals surface area (Å²) in [4.78, 5) is 0. The van der Waals surface area contributed by atoms with Crippen LogP contribution in [-0.4, -0.2) is 35.7 Å². The monoisotopic (exact) mass is 142 g/mol. The topological polar surface area (TPSA) is 6.48 Å². The average Bonchev–Trinajstić information content (AvgIpc) is 2.09. The number of hydrazine groups is 1. The molecule has 1 aliphatic heterocycles. The maximum atomic E-state index is 2.42. The summed E-state index contributed by atoms with van der Waals surface area (Å²) < 4.78 is 0. The lowest BCUT2D eigenvalue weighted by Crippen LogP contribution is -2.39. The zero-order chi connectivity index (χ0) is 7.72. The summed E-state index contributed by atoms with van der Waals surface area (Å²) in [7, 11) is 2.18. The van der Waals surface area contributed by atoms with Gasteiger partial charge in [-0.1, -0.05) is 6.92 Å². The lowest BCUT2D eigenvalue weighted by Gasteiger charge is -2.27. The Morgan fingerprint density at radius 2 is 1.90 bits per heavy atom. The van der Waals surface area contributed by atoms with Crippen LogP contribution in [0.2, 0.25) is 0 Å². The predicted octanol–water partition coefficient (Wildman–Crippen LogP) is 1.34. The van der Waals surface area contributed by atoms with E-state index in [1.165, 1.54) is 6.42 Å². The molecule has 0 N–H and O–H groups in total. The van der Waals surface area contributed by atoms with Gasteiger partial charge in [-0.05, 0) is 20.3 Å². The second-order valence-electron chi connectivity index (χ2n) is 3.26. The van der Waals surface area contributed by atoms with Crippen molar-refractivity contribution in [2.24, 2.45) is 0 Å². The Hall–Kier alpha value is -0.0800. The molecule has 0 aromatic carbocycles. The van der Waals surface area contributed by atoms with E-state index in [0.717, 1.165) is 18.6 Å². The van der Waals surface area contributed by atoms with E-state index in [1.807, 2.05) is 0 Å². The lowest BCUT2D eigenvalue weighted by molar-refractivity contribution is 0.0122. The second kappa shape index (κ2) is 2.89. The Kier molecular flexibility index (Phi) is 2.32. The first-order chi connectivity index (χ1) is 4.66. The lowest BCUT2D eigenvalue weighted by atomic mass is 10.2. The van der Waals surface area contributed by atoms with Crippen molar-refractivity contribution < 1.29 is 0 Å². The second-order valence-corrected chi connectivity index (χ2v) is 3.26. The highest BCUT2D eigenvalue weighted by molar-refractivity contribution is 4.78. The molecular weight excluding hydrogens is 124 g/mol. The Morgan fingerprint density at radius 1 is 1.30 bits per heavy atom. The van der Waals surface area contributed by atoms with E-state index in [4.69, 9.17) is 0 Å². The van der Waals surface area contributed by atoms with Crippen LogP contribution in [0.4, 0.5) is 0 Å². The molecule has 0 spiro atoms. The minimum absolute atomic E-state index is 0.731. The van der Waals surface area contributed by atoms with Gasteiger partial charge in [-0.15, -0.1) is 0 Å². The Morgan fingerprint density at radius 3 is 2.10 bits per heavy atom. The zero-order valence-electron chi connectivity index (χ0n) is 7.46. The van der Waals surface area contributed by atoms with Gasteiger partial charge in [-0.25, -0.2) is 10.0 Å². The fourth-order valence-corrected chi connectivity index (χ4v) is 1.87. The number of hydrogen-bond donors (Lipinski definition) is 0. The van der Waals surface area contributed by atoms with Crippen molar-refractivity contribution >= 4 is 0 Å². The van der Waals surface area contributed by atoms with Gasteiger partial charge in [0, 0.05) is 25.7 Å². The number of nitrogens with zero attached hydrogens (tertiary/aromatic N) is 2. The van der Waals surface area contributed by atoms with Crippen molar-refractivity contribution in [1.29, 1.82) is 0 Å². The highest BCUT2D eigenvalue weighted by Gasteiger charge is 2.29. The number of rotatable bonds is 1. The van der Waals surface area contributed by atoms with Gasteiger partial charge >= 0.3 is 0 Å². The molecule has 2 heteroatoms. The standard InChI is InChI=1S/C8H18N2/c1-5-10-8(3)6-7(2)9(10)4/h7-8H,5-6H2,1-4H3. The van der Waals surface area contributed by atoms with E-state index in [9.17, 15) is 0 Å². The first-order valence-corrected chi connectivity index (χ1v) is 4.16. The molecule has 0 amide bonds. The third kappa shape index (κ3) is 1.18. The van der Waals surface area contributed by atoms with Gasteiger partial charge in [-0.3, -0.25) is 0 Å². The van der Waals surface area contributed by atoms with Crippen LogP contribution in [0.3, 0.4) is 0 Å². The van der Waals surface area contributed by atoms with Gasteiger partial charge in [0.25, 0.3) is 0 Å². The Bertz CT molecular complexity index is 114. The summed E-state index contributed by atoms with van der Waals surface area (Å²) in [5, 5.41) is 4.77. The van der Waals surface area contributed by atoms with Gasteiger partial charge in [-0.2, -0.15) is 0 Å². The van der Waals surface area contributed by atoms with Crippen molar-refractivity contribution in [3.05, 3.63) is 0 Å². The fraction of sp³-hybridized carbons (Fsp3) is 1.00. The molecule has 1 rings (SSSR count). The van der Waals surface area contributed by atoms with Gasteiger partial charge in [0.05, 0.1) is 0 Å². The Labute approximate surface area is 63.8 Å². The highest BCUT2D eigenvalue weighted by atomic mass is 15.7. The number of hydrogen-bond acceptors (Lipinski definition) is 2. The fourth-order valence-electron chi connectivity index (χ4n) is 1.87. The van der Waals surface area contributed by atoms with Crippen LogP contribution in [0, 0.1) is 0 Å². The van der Waals surface area contributed by atoms with Crippen molar-refractivity contribution in [1.82, 2.24) is 10.0 Å². The molecule has 1 heterocycles. The van der Waals surface area contributed by atoms with Crippen molar-refractivity contribution in [2.45, 2.75) is 39.3 Å². The van der Waals surface area contributed by atoms with Crippen LogP contribution in [0.5, 0.6) is 0 Å². The molecule has 0 radical (unpaired) electrons. The van der Waals surface area contributed by atoms with Crippen LogP contribution in [-0.2, 0) is 0 Å². The van der Waals surface area contributed by atoms with Crippen molar-refractivity contribution in [3.8, 4) is 0 Å². The third-order valence-corrected chi connectivity index (χ3v) is 2.56. The summed E-state index contributed by atoms with van der Waals surface area (Å²) >= 11 is 0. The molecule has 2 nitrogen and oxygen atoms in total. The highest BCUT2D eigenvalue weighted by Crippen LogP contribution is 2.21. The quantitative estimate of drug-likeness (QED) is 0.545. The van der Waals surface area contributed by atoms with E-state index >= 15 is 0 Å². The van der Waals surface area contributed by atoms with Crippen molar-refractivity contribution in [2.75, 3.05) is 13.6 Å². The maximum absolute atomic E-state index is 2.42. The first kappa shape index (κ1) is 8.02. The molecule has 1 saturated heterocycles. The van der Waals surface area contributed by atoms with E-state index < -0.39 is 0 Å². The van der Waals surface area contributed by atoms with E-state index in [1.54, 1.807) is 0 Å². The molecule has 60 valence electrons. The first-order valence-electron chi connectivity index (χ1n) is 4.16. The molecule has 0 aromatic heterocycles. The maximum Gasteiger partial charge on any atom is 0.0232 e. The molecule has 0 bridgehead atoms. The summed E-state index contributed by atoms with van der Waals surface area (Å²) in [6, 6.07) is 1.47. The van der Waals surface area contributed by atoms with Gasteiger partial charge in [0.2, 0.25) is 0 Å². The molecule has 0 aromatic rings. The normalized spacial score (nSPS) is 37.2. The Balaban J connectivity index is 2.55. The van der Waals surface area contributed by atoms with E-state index in [0.29, 0.717) is 0 Å². The summed E-state index contributed by atoms with van der Waals surface area (Å²) in [6.45, 7) is 7.93. The van der Waals surface area contributed by atoms with E-state index in [-0.39, 0.29) is 0 Å². The van der Waals surface area contributed by atoms with Gasteiger partial charge in [0.1, 0.15) is 0 Å². The summed E-state index contributed by atoms with van der Waals surface area (Å²) in [5.74, 6) is 0. The minimum Gasteiger partial charge on any atom is -0.242 e. The molecule has 10 heavy (non-hydrogen) atoms. The van der Waals surface area contributed by atoms with Crippen LogP contribution < -0.4 is 0 Å². The molecule has 0 saturated carbocycles. The minimum atomic E-state index is 0.731. The molecule has 1 fully saturated rings. The third-order valence-electron chi connectivity index (χ3n) is 2.56. The summed E-state index contributed by atoms with van der Waals surface area (Å²) in [5.41, 5.74) is 0. The van der Waals surface area contributed by atoms with Gasteiger partial charge in [0.15, 0.2) is 0 Å².